The maximum atomic E-state index is 6.14. The fourth-order valence-corrected chi connectivity index (χ4v) is 1.79. The summed E-state index contributed by atoms with van der Waals surface area (Å²) in [6.07, 6.45) is 0. The molecule has 0 spiro atoms. The first-order valence-corrected chi connectivity index (χ1v) is 6.17. The smallest absolute Gasteiger partial charge is 0.119 e. The average Bonchev–Trinajstić information content (AvgIpc) is 2.40. The van der Waals surface area contributed by atoms with Gasteiger partial charge in [0.1, 0.15) is 12.4 Å². The molecule has 0 saturated heterocycles. The molecule has 0 amide bonds. The van der Waals surface area contributed by atoms with Gasteiger partial charge in [-0.2, -0.15) is 0 Å². The second kappa shape index (κ2) is 5.69. The molecule has 0 saturated carbocycles. The molecule has 0 heterocycles. The molecule has 0 aliphatic heterocycles. The van der Waals surface area contributed by atoms with Gasteiger partial charge in [-0.1, -0.05) is 36.4 Å². The molecule has 0 fully saturated rings. The highest BCUT2D eigenvalue weighted by atomic mass is 16.5. The number of para-hydroxylation sites is 1. The molecule has 0 aliphatic rings. The van der Waals surface area contributed by atoms with Crippen molar-refractivity contribution in [2.45, 2.75) is 19.9 Å². The largest absolute Gasteiger partial charge is 0.492 e. The van der Waals surface area contributed by atoms with E-state index in [0.717, 1.165) is 11.3 Å². The van der Waals surface area contributed by atoms with Crippen LogP contribution in [0.3, 0.4) is 0 Å². The van der Waals surface area contributed by atoms with Crippen molar-refractivity contribution in [3.05, 3.63) is 65.2 Å². The van der Waals surface area contributed by atoms with Crippen LogP contribution in [0.25, 0.3) is 0 Å². The van der Waals surface area contributed by atoms with Crippen molar-refractivity contribution in [3.63, 3.8) is 0 Å². The standard InChI is InChI=1S/C16H19NO/c1-12-8-9-14(10-13(12)2)16(17)11-18-15-6-4-3-5-7-15/h3-10,16H,11,17H2,1-2H3. The molecule has 1 unspecified atom stereocenters. The zero-order chi connectivity index (χ0) is 13.0. The Bertz CT molecular complexity index is 508. The molecule has 0 radical (unpaired) electrons. The van der Waals surface area contributed by atoms with Crippen LogP contribution < -0.4 is 10.5 Å². The van der Waals surface area contributed by atoms with Gasteiger partial charge >= 0.3 is 0 Å². The molecule has 2 N–H and O–H groups in total. The second-order valence-corrected chi connectivity index (χ2v) is 4.57. The number of nitrogens with two attached hydrogens (primary N) is 1. The predicted octanol–water partition coefficient (Wildman–Crippen LogP) is 3.38. The summed E-state index contributed by atoms with van der Waals surface area (Å²) in [5.74, 6) is 0.858. The Kier molecular flexibility index (Phi) is 4.00. The quantitative estimate of drug-likeness (QED) is 0.890. The van der Waals surface area contributed by atoms with E-state index in [1.54, 1.807) is 0 Å². The first-order chi connectivity index (χ1) is 8.66. The summed E-state index contributed by atoms with van der Waals surface area (Å²) in [6.45, 7) is 4.70. The van der Waals surface area contributed by atoms with E-state index in [4.69, 9.17) is 10.5 Å². The maximum Gasteiger partial charge on any atom is 0.119 e. The van der Waals surface area contributed by atoms with Crippen LogP contribution in [0.2, 0.25) is 0 Å². The molecule has 2 nitrogen and oxygen atoms in total. The highest BCUT2D eigenvalue weighted by molar-refractivity contribution is 5.31. The summed E-state index contributed by atoms with van der Waals surface area (Å²) in [5, 5.41) is 0. The molecule has 2 aromatic rings. The molecule has 2 rings (SSSR count). The lowest BCUT2D eigenvalue weighted by Crippen LogP contribution is -2.19. The van der Waals surface area contributed by atoms with Crippen LogP contribution in [0.15, 0.2) is 48.5 Å². The molecule has 1 atom stereocenters. The Hall–Kier alpha value is -1.80. The number of aryl methyl sites for hydroxylation is 2. The van der Waals surface area contributed by atoms with Crippen molar-refractivity contribution in [1.29, 1.82) is 0 Å². The lowest BCUT2D eigenvalue weighted by molar-refractivity contribution is 0.290. The normalized spacial score (nSPS) is 12.2. The fraction of sp³-hybridized carbons (Fsp3) is 0.250. The minimum Gasteiger partial charge on any atom is -0.492 e. The van der Waals surface area contributed by atoms with Gasteiger partial charge < -0.3 is 10.5 Å². The Morgan fingerprint density at radius 3 is 2.39 bits per heavy atom. The van der Waals surface area contributed by atoms with Gasteiger partial charge in [-0.25, -0.2) is 0 Å². The third kappa shape index (κ3) is 3.11. The van der Waals surface area contributed by atoms with Crippen LogP contribution >= 0.6 is 0 Å². The summed E-state index contributed by atoms with van der Waals surface area (Å²) in [7, 11) is 0. The number of ether oxygens (including phenoxy) is 1. The predicted molar refractivity (Wildman–Crippen MR) is 74.8 cm³/mol. The van der Waals surface area contributed by atoms with Crippen LogP contribution in [0, 0.1) is 13.8 Å². The lowest BCUT2D eigenvalue weighted by Gasteiger charge is -2.14. The maximum absolute atomic E-state index is 6.14. The highest BCUT2D eigenvalue weighted by Crippen LogP contribution is 2.17. The van der Waals surface area contributed by atoms with E-state index in [-0.39, 0.29) is 6.04 Å². The molecule has 2 heteroatoms. The Morgan fingerprint density at radius 2 is 1.72 bits per heavy atom. The average molecular weight is 241 g/mol. The minimum absolute atomic E-state index is 0.0930. The molecule has 94 valence electrons. The molecular formula is C16H19NO. The van der Waals surface area contributed by atoms with Crippen molar-refractivity contribution in [2.75, 3.05) is 6.61 Å². The Balaban J connectivity index is 1.99. The fourth-order valence-electron chi connectivity index (χ4n) is 1.79. The van der Waals surface area contributed by atoms with Gasteiger partial charge in [0.15, 0.2) is 0 Å². The topological polar surface area (TPSA) is 35.2 Å². The van der Waals surface area contributed by atoms with Crippen LogP contribution in [-0.2, 0) is 0 Å². The zero-order valence-corrected chi connectivity index (χ0v) is 10.9. The van der Waals surface area contributed by atoms with Gasteiger partial charge in [-0.05, 0) is 42.7 Å². The zero-order valence-electron chi connectivity index (χ0n) is 10.9. The van der Waals surface area contributed by atoms with Gasteiger partial charge in [0.2, 0.25) is 0 Å². The van der Waals surface area contributed by atoms with E-state index in [1.807, 2.05) is 30.3 Å². The summed E-state index contributed by atoms with van der Waals surface area (Å²) in [6, 6.07) is 16.0. The second-order valence-electron chi connectivity index (χ2n) is 4.57. The van der Waals surface area contributed by atoms with Crippen molar-refractivity contribution < 1.29 is 4.74 Å². The number of benzene rings is 2. The van der Waals surface area contributed by atoms with E-state index in [9.17, 15) is 0 Å². The number of rotatable bonds is 4. The number of hydrogen-bond acceptors (Lipinski definition) is 2. The van der Waals surface area contributed by atoms with E-state index >= 15 is 0 Å². The van der Waals surface area contributed by atoms with E-state index in [2.05, 4.69) is 32.0 Å². The Morgan fingerprint density at radius 1 is 1.00 bits per heavy atom. The molecule has 18 heavy (non-hydrogen) atoms. The summed E-state index contributed by atoms with van der Waals surface area (Å²) < 4.78 is 5.67. The molecular weight excluding hydrogens is 222 g/mol. The SMILES string of the molecule is Cc1ccc(C(N)COc2ccccc2)cc1C. The monoisotopic (exact) mass is 241 g/mol. The first-order valence-electron chi connectivity index (χ1n) is 6.17. The van der Waals surface area contributed by atoms with Gasteiger partial charge in [0, 0.05) is 0 Å². The van der Waals surface area contributed by atoms with Gasteiger partial charge in [0.05, 0.1) is 6.04 Å². The third-order valence-electron chi connectivity index (χ3n) is 3.13. The first kappa shape index (κ1) is 12.7. The van der Waals surface area contributed by atoms with E-state index < -0.39 is 0 Å². The van der Waals surface area contributed by atoms with Crippen LogP contribution in [0.5, 0.6) is 5.75 Å². The summed E-state index contributed by atoms with van der Waals surface area (Å²) in [5.41, 5.74) is 9.81. The minimum atomic E-state index is -0.0930. The van der Waals surface area contributed by atoms with Gasteiger partial charge in [0.25, 0.3) is 0 Å². The van der Waals surface area contributed by atoms with Gasteiger partial charge in [-0.3, -0.25) is 0 Å². The summed E-state index contributed by atoms with van der Waals surface area (Å²) >= 11 is 0. The molecule has 0 aromatic heterocycles. The molecule has 0 bridgehead atoms. The summed E-state index contributed by atoms with van der Waals surface area (Å²) in [4.78, 5) is 0. The van der Waals surface area contributed by atoms with E-state index in [1.165, 1.54) is 11.1 Å². The third-order valence-corrected chi connectivity index (χ3v) is 3.13. The number of hydrogen-bond donors (Lipinski definition) is 1. The molecule has 2 aromatic carbocycles. The van der Waals surface area contributed by atoms with E-state index in [0.29, 0.717) is 6.61 Å². The van der Waals surface area contributed by atoms with Crippen molar-refractivity contribution in [1.82, 2.24) is 0 Å². The van der Waals surface area contributed by atoms with Crippen LogP contribution in [-0.4, -0.2) is 6.61 Å². The van der Waals surface area contributed by atoms with Crippen LogP contribution in [0.1, 0.15) is 22.7 Å². The van der Waals surface area contributed by atoms with Crippen molar-refractivity contribution in [2.24, 2.45) is 5.73 Å². The Labute approximate surface area is 108 Å². The van der Waals surface area contributed by atoms with Crippen LogP contribution in [0.4, 0.5) is 0 Å². The lowest BCUT2D eigenvalue weighted by atomic mass is 10.0. The molecule has 0 aliphatic carbocycles. The van der Waals surface area contributed by atoms with Gasteiger partial charge in [-0.15, -0.1) is 0 Å². The van der Waals surface area contributed by atoms with Crippen molar-refractivity contribution >= 4 is 0 Å². The van der Waals surface area contributed by atoms with Crippen molar-refractivity contribution in [3.8, 4) is 5.75 Å². The highest BCUT2D eigenvalue weighted by Gasteiger charge is 2.07.